The van der Waals surface area contributed by atoms with Crippen LogP contribution >= 0.6 is 0 Å². The maximum Gasteiger partial charge on any atom is 0.311 e. The van der Waals surface area contributed by atoms with Crippen LogP contribution in [0.4, 0.5) is 0 Å². The maximum atomic E-state index is 14.2. The average Bonchev–Trinajstić information content (AvgIpc) is 3.12. The molecule has 3 heteroatoms. The lowest BCUT2D eigenvalue weighted by atomic mass is 9.36. The van der Waals surface area contributed by atoms with Gasteiger partial charge in [-0.15, -0.1) is 0 Å². The first-order valence-electron chi connectivity index (χ1n) is 13.8. The van der Waals surface area contributed by atoms with Gasteiger partial charge >= 0.3 is 5.97 Å². The quantitative estimate of drug-likeness (QED) is 0.298. The first-order chi connectivity index (χ1) is 15.8. The van der Waals surface area contributed by atoms with E-state index in [1.807, 2.05) is 0 Å². The van der Waals surface area contributed by atoms with Crippen LogP contribution in [0.2, 0.25) is 0 Å². The van der Waals surface area contributed by atoms with Gasteiger partial charge in [0.25, 0.3) is 0 Å². The number of ketones is 1. The van der Waals surface area contributed by atoms with Crippen LogP contribution in [-0.4, -0.2) is 18.9 Å². The van der Waals surface area contributed by atoms with Crippen molar-refractivity contribution in [2.45, 2.75) is 106 Å². The number of rotatable bonds is 1. The van der Waals surface area contributed by atoms with Crippen LogP contribution in [0.1, 0.15) is 106 Å². The van der Waals surface area contributed by atoms with Gasteiger partial charge in [-0.3, -0.25) is 9.59 Å². The monoisotopic (exact) mass is 466 g/mol. The molecule has 5 aliphatic carbocycles. The molecule has 188 valence electrons. The highest BCUT2D eigenvalue weighted by Gasteiger charge is 2.69. The Morgan fingerprint density at radius 1 is 0.941 bits per heavy atom. The Morgan fingerprint density at radius 3 is 2.26 bits per heavy atom. The molecule has 0 heterocycles. The second-order valence-corrected chi connectivity index (χ2v) is 14.3. The molecule has 0 spiro atoms. The van der Waals surface area contributed by atoms with Crippen molar-refractivity contribution in [3.8, 4) is 0 Å². The fraction of sp³-hybridized carbons (Fsp3) is 0.806. The van der Waals surface area contributed by atoms with Crippen LogP contribution in [0.5, 0.6) is 0 Å². The van der Waals surface area contributed by atoms with E-state index >= 15 is 0 Å². The summed E-state index contributed by atoms with van der Waals surface area (Å²) >= 11 is 0. The van der Waals surface area contributed by atoms with Crippen molar-refractivity contribution in [2.24, 2.45) is 44.8 Å². The predicted octanol–water partition coefficient (Wildman–Crippen LogP) is 7.45. The third-order valence-electron chi connectivity index (χ3n) is 12.5. The maximum absolute atomic E-state index is 14.2. The Kier molecular flexibility index (Phi) is 5.24. The number of allylic oxidation sites excluding steroid dienone is 4. The van der Waals surface area contributed by atoms with Crippen molar-refractivity contribution in [1.29, 1.82) is 0 Å². The molecule has 3 nitrogen and oxygen atoms in total. The highest BCUT2D eigenvalue weighted by Crippen LogP contribution is 2.74. The molecule has 0 aromatic heterocycles. The minimum absolute atomic E-state index is 0.0169. The molecule has 8 unspecified atom stereocenters. The molecule has 34 heavy (non-hydrogen) atoms. The van der Waals surface area contributed by atoms with E-state index in [1.165, 1.54) is 31.1 Å². The van der Waals surface area contributed by atoms with Crippen molar-refractivity contribution in [3.63, 3.8) is 0 Å². The number of hydrogen-bond acceptors (Lipinski definition) is 3. The minimum atomic E-state index is -0.452. The predicted molar refractivity (Wildman–Crippen MR) is 136 cm³/mol. The molecule has 5 rings (SSSR count). The van der Waals surface area contributed by atoms with Gasteiger partial charge in [0.1, 0.15) is 0 Å². The molecule has 0 amide bonds. The Bertz CT molecular complexity index is 1000. The summed E-state index contributed by atoms with van der Waals surface area (Å²) in [6.45, 7) is 16.4. The minimum Gasteiger partial charge on any atom is -0.469 e. The summed E-state index contributed by atoms with van der Waals surface area (Å²) in [5.74, 6) is 1.25. The van der Waals surface area contributed by atoms with Gasteiger partial charge in [0, 0.05) is 5.92 Å². The van der Waals surface area contributed by atoms with Gasteiger partial charge in [0.15, 0.2) is 5.78 Å². The van der Waals surface area contributed by atoms with Gasteiger partial charge in [0.2, 0.25) is 0 Å². The molecule has 0 N–H and O–H groups in total. The van der Waals surface area contributed by atoms with E-state index in [2.05, 4.69) is 54.5 Å². The summed E-state index contributed by atoms with van der Waals surface area (Å²) < 4.78 is 5.25. The molecule has 0 saturated heterocycles. The molecule has 4 fully saturated rings. The van der Waals surface area contributed by atoms with Crippen molar-refractivity contribution in [2.75, 3.05) is 7.11 Å². The van der Waals surface area contributed by atoms with Gasteiger partial charge in [-0.05, 0) is 118 Å². The van der Waals surface area contributed by atoms with Gasteiger partial charge in [-0.2, -0.15) is 0 Å². The molecular weight excluding hydrogens is 420 g/mol. The lowest BCUT2D eigenvalue weighted by Gasteiger charge is -2.67. The molecule has 8 atom stereocenters. The number of carbonyl (C=O) groups excluding carboxylic acids is 2. The highest BCUT2D eigenvalue weighted by molar-refractivity contribution is 5.96. The van der Waals surface area contributed by atoms with Gasteiger partial charge in [0.05, 0.1) is 12.5 Å². The van der Waals surface area contributed by atoms with Gasteiger partial charge in [-0.25, -0.2) is 0 Å². The molecule has 0 aliphatic heterocycles. The second kappa shape index (κ2) is 7.32. The topological polar surface area (TPSA) is 43.4 Å². The number of fused-ring (bicyclic) bond motifs is 7. The van der Waals surface area contributed by atoms with Crippen molar-refractivity contribution in [3.05, 3.63) is 22.8 Å². The number of hydrogen-bond donors (Lipinski definition) is 0. The first kappa shape index (κ1) is 24.3. The van der Waals surface area contributed by atoms with Crippen LogP contribution < -0.4 is 0 Å². The fourth-order valence-electron chi connectivity index (χ4n) is 10.1. The van der Waals surface area contributed by atoms with Crippen LogP contribution in [0.25, 0.3) is 0 Å². The van der Waals surface area contributed by atoms with Gasteiger partial charge in [-0.1, -0.05) is 44.4 Å². The molecule has 0 bridgehead atoms. The largest absolute Gasteiger partial charge is 0.469 e. The summed E-state index contributed by atoms with van der Waals surface area (Å²) in [5, 5.41) is 0. The number of esters is 1. The van der Waals surface area contributed by atoms with E-state index < -0.39 is 5.41 Å². The highest BCUT2D eigenvalue weighted by atomic mass is 16.5. The zero-order chi connectivity index (χ0) is 24.9. The Labute approximate surface area is 207 Å². The summed E-state index contributed by atoms with van der Waals surface area (Å²) in [6.07, 6.45) is 11.9. The van der Waals surface area contributed by atoms with E-state index in [9.17, 15) is 9.59 Å². The molecule has 5 aliphatic rings. The third kappa shape index (κ3) is 2.88. The van der Waals surface area contributed by atoms with E-state index in [1.54, 1.807) is 5.57 Å². The number of ether oxygens (including phenoxy) is 1. The van der Waals surface area contributed by atoms with Crippen LogP contribution in [0, 0.1) is 44.8 Å². The summed E-state index contributed by atoms with van der Waals surface area (Å²) in [7, 11) is 1.52. The van der Waals surface area contributed by atoms with Gasteiger partial charge < -0.3 is 4.74 Å². The van der Waals surface area contributed by atoms with Crippen molar-refractivity contribution < 1.29 is 14.3 Å². The van der Waals surface area contributed by atoms with Crippen LogP contribution in [-0.2, 0) is 14.3 Å². The van der Waals surface area contributed by atoms with Crippen molar-refractivity contribution >= 4 is 11.8 Å². The molecular formula is C31H46O3. The molecule has 0 aromatic carbocycles. The lowest BCUT2D eigenvalue weighted by Crippen LogP contribution is -2.62. The summed E-state index contributed by atoms with van der Waals surface area (Å²) in [6, 6.07) is 0. The Morgan fingerprint density at radius 2 is 1.62 bits per heavy atom. The molecule has 0 aromatic rings. The zero-order valence-electron chi connectivity index (χ0n) is 22.9. The zero-order valence-corrected chi connectivity index (χ0v) is 22.9. The van der Waals surface area contributed by atoms with E-state index in [4.69, 9.17) is 4.74 Å². The molecule has 0 radical (unpaired) electrons. The van der Waals surface area contributed by atoms with Crippen LogP contribution in [0.3, 0.4) is 0 Å². The van der Waals surface area contributed by atoms with E-state index in [0.717, 1.165) is 44.9 Å². The standard InChI is InChI=1S/C31H46O3/c1-19(2)20-9-11-29(5)21(20)10-12-31(7)25(29)24(32)17-22-23-18-28(4,26(33)34-8)14-13-27(23,3)15-16-30(22,31)6/h17,21,23,25H,9-16,18H2,1-8H3. The van der Waals surface area contributed by atoms with Crippen molar-refractivity contribution in [1.82, 2.24) is 0 Å². The smallest absolute Gasteiger partial charge is 0.311 e. The fourth-order valence-corrected chi connectivity index (χ4v) is 10.1. The number of methoxy groups -OCH3 is 1. The van der Waals surface area contributed by atoms with E-state index in [-0.39, 0.29) is 39.5 Å². The summed E-state index contributed by atoms with van der Waals surface area (Å²) in [4.78, 5) is 27.0. The SMILES string of the molecule is COC(=O)C1(C)CCC2(C)CCC3(C)C(=CC(=O)C4C5(C)CCC(=C(C)C)C5CCC43C)C2C1. The second-order valence-electron chi connectivity index (χ2n) is 14.3. The first-order valence-corrected chi connectivity index (χ1v) is 13.8. The third-order valence-corrected chi connectivity index (χ3v) is 12.5. The Hall–Kier alpha value is -1.38. The average molecular weight is 467 g/mol. The number of carbonyl (C=O) groups is 2. The molecule has 4 saturated carbocycles. The lowest BCUT2D eigenvalue weighted by molar-refractivity contribution is -0.165. The van der Waals surface area contributed by atoms with E-state index in [0.29, 0.717) is 11.7 Å². The Balaban J connectivity index is 1.61. The normalized spacial score (nSPS) is 49.9. The van der Waals surface area contributed by atoms with Crippen LogP contribution in [0.15, 0.2) is 22.8 Å². The summed E-state index contributed by atoms with van der Waals surface area (Å²) in [5.41, 5.74) is 4.27.